The third-order valence-corrected chi connectivity index (χ3v) is 3.30. The highest BCUT2D eigenvalue weighted by Gasteiger charge is 2.27. The van der Waals surface area contributed by atoms with Crippen molar-refractivity contribution >= 4 is 11.8 Å². The zero-order valence-corrected chi connectivity index (χ0v) is 13.8. The molecule has 0 bridgehead atoms. The summed E-state index contributed by atoms with van der Waals surface area (Å²) in [5, 5.41) is 11.9. The van der Waals surface area contributed by atoms with E-state index >= 15 is 0 Å². The van der Waals surface area contributed by atoms with Gasteiger partial charge in [-0.3, -0.25) is 9.59 Å². The molecule has 0 aliphatic rings. The first-order valence-electron chi connectivity index (χ1n) is 7.50. The van der Waals surface area contributed by atoms with Crippen molar-refractivity contribution in [2.24, 2.45) is 5.41 Å². The standard InChI is InChI=1S/C17H26N2O3/c1-13(18-16(22)17(2,3)4)15(21)19(10-11-20)12-14-8-6-5-7-9-14/h5-9,13,20H,10-12H2,1-4H3,(H,18,22). The summed E-state index contributed by atoms with van der Waals surface area (Å²) in [6, 6.07) is 8.95. The van der Waals surface area contributed by atoms with Gasteiger partial charge in [0.15, 0.2) is 0 Å². The highest BCUT2D eigenvalue weighted by Crippen LogP contribution is 2.13. The van der Waals surface area contributed by atoms with Gasteiger partial charge in [0.1, 0.15) is 6.04 Å². The largest absolute Gasteiger partial charge is 0.395 e. The molecule has 0 aliphatic carbocycles. The summed E-state index contributed by atoms with van der Waals surface area (Å²) in [5.41, 5.74) is 0.439. The van der Waals surface area contributed by atoms with Gasteiger partial charge in [-0.15, -0.1) is 0 Å². The highest BCUT2D eigenvalue weighted by atomic mass is 16.3. The summed E-state index contributed by atoms with van der Waals surface area (Å²) in [5.74, 6) is -0.368. The fraction of sp³-hybridized carbons (Fsp3) is 0.529. The zero-order chi connectivity index (χ0) is 16.8. The lowest BCUT2D eigenvalue weighted by Crippen LogP contribution is -2.50. The number of hydrogen-bond acceptors (Lipinski definition) is 3. The molecule has 0 aromatic heterocycles. The average molecular weight is 306 g/mol. The van der Waals surface area contributed by atoms with E-state index < -0.39 is 11.5 Å². The van der Waals surface area contributed by atoms with Crippen LogP contribution in [0.25, 0.3) is 0 Å². The lowest BCUT2D eigenvalue weighted by molar-refractivity contribution is -0.139. The Morgan fingerprint density at radius 2 is 1.82 bits per heavy atom. The molecule has 22 heavy (non-hydrogen) atoms. The SMILES string of the molecule is CC(NC(=O)C(C)(C)C)C(=O)N(CCO)Cc1ccccc1. The van der Waals surface area contributed by atoms with Crippen molar-refractivity contribution in [2.75, 3.05) is 13.2 Å². The molecule has 1 atom stereocenters. The highest BCUT2D eigenvalue weighted by molar-refractivity contribution is 5.89. The van der Waals surface area contributed by atoms with Crippen LogP contribution >= 0.6 is 0 Å². The summed E-state index contributed by atoms with van der Waals surface area (Å²) < 4.78 is 0. The van der Waals surface area contributed by atoms with Gasteiger partial charge in [0.25, 0.3) is 0 Å². The molecule has 5 heteroatoms. The monoisotopic (exact) mass is 306 g/mol. The smallest absolute Gasteiger partial charge is 0.245 e. The second kappa shape index (κ2) is 7.94. The lowest BCUT2D eigenvalue weighted by atomic mass is 9.95. The molecule has 5 nitrogen and oxygen atoms in total. The normalized spacial score (nSPS) is 12.6. The van der Waals surface area contributed by atoms with Gasteiger partial charge in [0, 0.05) is 18.5 Å². The predicted molar refractivity (Wildman–Crippen MR) is 86.0 cm³/mol. The second-order valence-corrected chi connectivity index (χ2v) is 6.41. The van der Waals surface area contributed by atoms with Crippen LogP contribution in [0, 0.1) is 5.41 Å². The fourth-order valence-corrected chi connectivity index (χ4v) is 1.94. The number of rotatable bonds is 6. The van der Waals surface area contributed by atoms with E-state index in [-0.39, 0.29) is 25.0 Å². The minimum Gasteiger partial charge on any atom is -0.395 e. The van der Waals surface area contributed by atoms with Crippen molar-refractivity contribution in [3.05, 3.63) is 35.9 Å². The molecular formula is C17H26N2O3. The van der Waals surface area contributed by atoms with Gasteiger partial charge in [0.2, 0.25) is 11.8 Å². The molecule has 1 rings (SSSR count). The number of hydrogen-bond donors (Lipinski definition) is 2. The Morgan fingerprint density at radius 3 is 2.32 bits per heavy atom. The maximum Gasteiger partial charge on any atom is 0.245 e. The van der Waals surface area contributed by atoms with Gasteiger partial charge >= 0.3 is 0 Å². The van der Waals surface area contributed by atoms with Crippen LogP contribution < -0.4 is 5.32 Å². The van der Waals surface area contributed by atoms with Crippen LogP contribution in [0.2, 0.25) is 0 Å². The topological polar surface area (TPSA) is 69.6 Å². The Balaban J connectivity index is 2.74. The first-order valence-corrected chi connectivity index (χ1v) is 7.50. The molecule has 1 aromatic rings. The number of carbonyl (C=O) groups is 2. The molecule has 1 unspecified atom stereocenters. The number of aliphatic hydroxyl groups is 1. The zero-order valence-electron chi connectivity index (χ0n) is 13.8. The van der Waals surface area contributed by atoms with Crippen molar-refractivity contribution in [2.45, 2.75) is 40.3 Å². The van der Waals surface area contributed by atoms with Crippen molar-refractivity contribution in [1.29, 1.82) is 0 Å². The quantitative estimate of drug-likeness (QED) is 0.838. The summed E-state index contributed by atoms with van der Waals surface area (Å²) in [6.07, 6.45) is 0. The van der Waals surface area contributed by atoms with Crippen LogP contribution in [-0.4, -0.2) is 41.0 Å². The fourth-order valence-electron chi connectivity index (χ4n) is 1.94. The third-order valence-electron chi connectivity index (χ3n) is 3.30. The van der Waals surface area contributed by atoms with Gasteiger partial charge in [-0.05, 0) is 12.5 Å². The van der Waals surface area contributed by atoms with Crippen molar-refractivity contribution in [1.82, 2.24) is 10.2 Å². The van der Waals surface area contributed by atoms with E-state index in [1.54, 1.807) is 32.6 Å². The number of aliphatic hydroxyl groups excluding tert-OH is 1. The third kappa shape index (κ3) is 5.48. The number of nitrogens with zero attached hydrogens (tertiary/aromatic N) is 1. The van der Waals surface area contributed by atoms with Crippen LogP contribution in [0.15, 0.2) is 30.3 Å². The Bertz CT molecular complexity index is 494. The lowest BCUT2D eigenvalue weighted by Gasteiger charge is -2.27. The Morgan fingerprint density at radius 1 is 1.23 bits per heavy atom. The molecule has 0 radical (unpaired) electrons. The van der Waals surface area contributed by atoms with Crippen molar-refractivity contribution < 1.29 is 14.7 Å². The minimum absolute atomic E-state index is 0.113. The molecule has 0 heterocycles. The molecule has 1 aromatic carbocycles. The Hall–Kier alpha value is -1.88. The summed E-state index contributed by atoms with van der Waals surface area (Å²) in [7, 11) is 0. The van der Waals surface area contributed by atoms with E-state index in [1.807, 2.05) is 30.3 Å². The number of benzene rings is 1. The molecule has 0 saturated carbocycles. The van der Waals surface area contributed by atoms with Gasteiger partial charge in [-0.25, -0.2) is 0 Å². The predicted octanol–water partition coefficient (Wildman–Crippen LogP) is 1.56. The Kier molecular flexibility index (Phi) is 6.56. The Labute approximate surface area is 132 Å². The number of nitrogens with one attached hydrogen (secondary N) is 1. The van der Waals surface area contributed by atoms with E-state index in [2.05, 4.69) is 5.32 Å². The molecule has 0 fully saturated rings. The van der Waals surface area contributed by atoms with Gasteiger partial charge in [-0.1, -0.05) is 51.1 Å². The first-order chi connectivity index (χ1) is 10.3. The molecular weight excluding hydrogens is 280 g/mol. The summed E-state index contributed by atoms with van der Waals surface area (Å²) >= 11 is 0. The maximum absolute atomic E-state index is 12.5. The van der Waals surface area contributed by atoms with Crippen LogP contribution in [0.4, 0.5) is 0 Å². The molecule has 0 saturated heterocycles. The molecule has 0 spiro atoms. The summed E-state index contributed by atoms with van der Waals surface area (Å²) in [6.45, 7) is 7.61. The van der Waals surface area contributed by atoms with Crippen LogP contribution in [0.5, 0.6) is 0 Å². The van der Waals surface area contributed by atoms with Crippen molar-refractivity contribution in [3.8, 4) is 0 Å². The van der Waals surface area contributed by atoms with E-state index in [1.165, 1.54) is 0 Å². The first kappa shape index (κ1) is 18.2. The summed E-state index contributed by atoms with van der Waals surface area (Å²) in [4.78, 5) is 26.0. The molecule has 0 aliphatic heterocycles. The van der Waals surface area contributed by atoms with E-state index in [4.69, 9.17) is 0 Å². The number of amides is 2. The van der Waals surface area contributed by atoms with Crippen molar-refractivity contribution in [3.63, 3.8) is 0 Å². The van der Waals surface area contributed by atoms with E-state index in [9.17, 15) is 14.7 Å². The van der Waals surface area contributed by atoms with E-state index in [0.717, 1.165) is 5.56 Å². The second-order valence-electron chi connectivity index (χ2n) is 6.41. The average Bonchev–Trinajstić information content (AvgIpc) is 2.46. The molecule has 2 N–H and O–H groups in total. The van der Waals surface area contributed by atoms with Crippen LogP contribution in [0.1, 0.15) is 33.3 Å². The van der Waals surface area contributed by atoms with E-state index in [0.29, 0.717) is 6.54 Å². The van der Waals surface area contributed by atoms with Crippen LogP contribution in [0.3, 0.4) is 0 Å². The van der Waals surface area contributed by atoms with Gasteiger partial charge in [0.05, 0.1) is 6.61 Å². The maximum atomic E-state index is 12.5. The van der Waals surface area contributed by atoms with Gasteiger partial charge < -0.3 is 15.3 Å². The number of carbonyl (C=O) groups excluding carboxylic acids is 2. The minimum atomic E-state index is -0.623. The van der Waals surface area contributed by atoms with Gasteiger partial charge in [-0.2, -0.15) is 0 Å². The molecule has 122 valence electrons. The van der Waals surface area contributed by atoms with Crippen LogP contribution in [-0.2, 0) is 16.1 Å². The molecule has 2 amide bonds.